The van der Waals surface area contributed by atoms with Crippen molar-refractivity contribution in [3.63, 3.8) is 0 Å². The molecule has 57 heavy (non-hydrogen) atoms. The molecule has 0 bridgehead atoms. The molecule has 0 radical (unpaired) electrons. The molecule has 0 N–H and O–H groups in total. The van der Waals surface area contributed by atoms with Crippen LogP contribution in [0.15, 0.2) is 205 Å². The van der Waals surface area contributed by atoms with E-state index in [1.807, 2.05) is 30.3 Å². The Bertz CT molecular complexity index is 3090. The normalized spacial score (nSPS) is 12.8. The predicted octanol–water partition coefficient (Wildman–Crippen LogP) is 14.0. The summed E-state index contributed by atoms with van der Waals surface area (Å²) in [5.41, 5.74) is 17.5. The Balaban J connectivity index is 0.993. The second-order valence-electron chi connectivity index (χ2n) is 15.1. The number of hydrogen-bond acceptors (Lipinski definition) is 3. The van der Waals surface area contributed by atoms with Crippen molar-refractivity contribution in [1.29, 1.82) is 0 Å². The smallest absolute Gasteiger partial charge is 0.160 e. The molecule has 0 aliphatic heterocycles. The first-order valence-electron chi connectivity index (χ1n) is 19.5. The van der Waals surface area contributed by atoms with Gasteiger partial charge in [0.15, 0.2) is 5.82 Å². The van der Waals surface area contributed by atoms with Gasteiger partial charge in [0.25, 0.3) is 0 Å². The van der Waals surface area contributed by atoms with Crippen molar-refractivity contribution in [3.05, 3.63) is 217 Å². The van der Waals surface area contributed by atoms with Crippen LogP contribution in [0.4, 0.5) is 0 Å². The third-order valence-corrected chi connectivity index (χ3v) is 11.8. The fourth-order valence-corrected chi connectivity index (χ4v) is 8.96. The molecule has 10 aromatic rings. The van der Waals surface area contributed by atoms with Crippen LogP contribution in [-0.2, 0) is 5.41 Å². The van der Waals surface area contributed by atoms with Gasteiger partial charge in [-0.1, -0.05) is 170 Å². The van der Waals surface area contributed by atoms with Gasteiger partial charge >= 0.3 is 0 Å². The van der Waals surface area contributed by atoms with Gasteiger partial charge in [-0.15, -0.1) is 0 Å². The molecule has 0 unspecified atom stereocenters. The molecule has 2 heterocycles. The summed E-state index contributed by atoms with van der Waals surface area (Å²) in [5.74, 6) is 0.695. The van der Waals surface area contributed by atoms with E-state index in [2.05, 4.69) is 177 Å². The molecule has 1 aliphatic carbocycles. The van der Waals surface area contributed by atoms with E-state index in [4.69, 9.17) is 14.4 Å². The van der Waals surface area contributed by atoms with Gasteiger partial charge in [0, 0.05) is 32.9 Å². The Morgan fingerprint density at radius 1 is 0.351 bits per heavy atom. The number of nitrogens with zero attached hydrogens (tertiary/aromatic N) is 2. The highest BCUT2D eigenvalue weighted by Crippen LogP contribution is 2.54. The Morgan fingerprint density at radius 3 is 1.60 bits per heavy atom. The van der Waals surface area contributed by atoms with E-state index in [0.29, 0.717) is 5.82 Å². The number of hydrogen-bond donors (Lipinski definition) is 0. The van der Waals surface area contributed by atoms with Crippen molar-refractivity contribution in [3.8, 4) is 67.3 Å². The van der Waals surface area contributed by atoms with Crippen LogP contribution in [0, 0.1) is 0 Å². The molecule has 0 atom stereocenters. The van der Waals surface area contributed by atoms with Crippen molar-refractivity contribution in [2.45, 2.75) is 12.3 Å². The summed E-state index contributed by atoms with van der Waals surface area (Å²) >= 11 is 0. The highest BCUT2D eigenvalue weighted by atomic mass is 16.3. The summed E-state index contributed by atoms with van der Waals surface area (Å²) < 4.78 is 6.12. The molecule has 3 heteroatoms. The topological polar surface area (TPSA) is 38.9 Å². The van der Waals surface area contributed by atoms with Crippen LogP contribution in [0.1, 0.15) is 23.6 Å². The predicted molar refractivity (Wildman–Crippen MR) is 234 cm³/mol. The van der Waals surface area contributed by atoms with Crippen LogP contribution in [0.25, 0.3) is 89.2 Å². The number of benzene rings is 8. The average molecular weight is 729 g/mol. The Hall–Kier alpha value is -7.36. The van der Waals surface area contributed by atoms with Crippen molar-refractivity contribution in [2.75, 3.05) is 0 Å². The van der Waals surface area contributed by atoms with Gasteiger partial charge in [-0.2, -0.15) is 0 Å². The quantitative estimate of drug-likeness (QED) is 0.171. The molecular formula is C54H36N2O. The van der Waals surface area contributed by atoms with Gasteiger partial charge in [-0.25, -0.2) is 9.97 Å². The fourth-order valence-electron chi connectivity index (χ4n) is 8.96. The van der Waals surface area contributed by atoms with Crippen molar-refractivity contribution in [2.24, 2.45) is 0 Å². The maximum Gasteiger partial charge on any atom is 0.160 e. The monoisotopic (exact) mass is 728 g/mol. The van der Waals surface area contributed by atoms with Crippen LogP contribution in [0.3, 0.4) is 0 Å². The number of furan rings is 1. The Kier molecular flexibility index (Phi) is 7.61. The zero-order chi connectivity index (χ0) is 37.9. The second-order valence-corrected chi connectivity index (χ2v) is 15.1. The number of para-hydroxylation sites is 1. The Labute approximate surface area is 331 Å². The van der Waals surface area contributed by atoms with Crippen molar-refractivity contribution in [1.82, 2.24) is 9.97 Å². The van der Waals surface area contributed by atoms with Gasteiger partial charge in [-0.05, 0) is 87.3 Å². The number of rotatable bonds is 6. The third kappa shape index (κ3) is 5.43. The molecular weight excluding hydrogens is 693 g/mol. The van der Waals surface area contributed by atoms with Crippen LogP contribution >= 0.6 is 0 Å². The zero-order valence-electron chi connectivity index (χ0n) is 31.4. The lowest BCUT2D eigenvalue weighted by atomic mass is 9.71. The standard InChI is InChI=1S/C54H36N2O/c1-54(47-23-10-6-19-42(47)43-20-7-11-24-48(43)54)46-22-9-5-18-41(46)35-26-28-36(29-27-35)49-34-50(56-53(55-49)37-14-3-2-4-15-37)40-17-13-16-38(32-40)39-30-31-52-45(33-39)44-21-8-12-25-51(44)57-52/h2-34H,1H3. The highest BCUT2D eigenvalue weighted by molar-refractivity contribution is 6.06. The van der Waals surface area contributed by atoms with Crippen LogP contribution in [0.5, 0.6) is 0 Å². The average Bonchev–Trinajstić information content (AvgIpc) is 3.79. The first kappa shape index (κ1) is 33.0. The summed E-state index contributed by atoms with van der Waals surface area (Å²) in [7, 11) is 0. The van der Waals surface area contributed by atoms with Gasteiger partial charge in [-0.3, -0.25) is 0 Å². The number of fused-ring (bicyclic) bond motifs is 6. The molecule has 0 saturated heterocycles. The summed E-state index contributed by atoms with van der Waals surface area (Å²) in [6, 6.07) is 71.1. The molecule has 0 fully saturated rings. The second kappa shape index (κ2) is 13.1. The highest BCUT2D eigenvalue weighted by Gasteiger charge is 2.41. The van der Waals surface area contributed by atoms with Crippen molar-refractivity contribution < 1.29 is 4.42 Å². The summed E-state index contributed by atoms with van der Waals surface area (Å²) in [6.07, 6.45) is 0. The maximum absolute atomic E-state index is 6.12. The lowest BCUT2D eigenvalue weighted by molar-refractivity contribution is 0.669. The van der Waals surface area contributed by atoms with Gasteiger partial charge < -0.3 is 4.42 Å². The fraction of sp³-hybridized carbons (Fsp3) is 0.0370. The minimum Gasteiger partial charge on any atom is -0.456 e. The lowest BCUT2D eigenvalue weighted by Crippen LogP contribution is -2.23. The molecule has 8 aromatic carbocycles. The van der Waals surface area contributed by atoms with Gasteiger partial charge in [0.2, 0.25) is 0 Å². The minimum atomic E-state index is -0.290. The molecule has 3 nitrogen and oxygen atoms in total. The van der Waals surface area contributed by atoms with Gasteiger partial charge in [0.1, 0.15) is 11.2 Å². The largest absolute Gasteiger partial charge is 0.456 e. The van der Waals surface area contributed by atoms with Crippen LogP contribution in [0.2, 0.25) is 0 Å². The van der Waals surface area contributed by atoms with Crippen LogP contribution < -0.4 is 0 Å². The van der Waals surface area contributed by atoms with E-state index in [1.165, 1.54) is 38.9 Å². The molecule has 0 saturated carbocycles. The number of aromatic nitrogens is 2. The van der Waals surface area contributed by atoms with E-state index in [1.54, 1.807) is 0 Å². The molecule has 11 rings (SSSR count). The third-order valence-electron chi connectivity index (χ3n) is 11.8. The van der Waals surface area contributed by atoms with E-state index >= 15 is 0 Å². The molecule has 1 aliphatic rings. The zero-order valence-corrected chi connectivity index (χ0v) is 31.4. The molecule has 2 aromatic heterocycles. The SMILES string of the molecule is CC1(c2ccccc2-c2ccc(-c3cc(-c4cccc(-c5ccc6oc7ccccc7c6c5)c4)nc(-c4ccccc4)n3)cc2)c2ccccc2-c2ccccc21. The first-order chi connectivity index (χ1) is 28.1. The molecule has 268 valence electrons. The summed E-state index contributed by atoms with van der Waals surface area (Å²) in [4.78, 5) is 10.3. The van der Waals surface area contributed by atoms with E-state index in [9.17, 15) is 0 Å². The summed E-state index contributed by atoms with van der Waals surface area (Å²) in [6.45, 7) is 2.38. The van der Waals surface area contributed by atoms with E-state index < -0.39 is 0 Å². The van der Waals surface area contributed by atoms with Crippen LogP contribution in [-0.4, -0.2) is 9.97 Å². The molecule has 0 spiro atoms. The van der Waals surface area contributed by atoms with E-state index in [0.717, 1.165) is 61.1 Å². The van der Waals surface area contributed by atoms with E-state index in [-0.39, 0.29) is 5.41 Å². The maximum atomic E-state index is 6.12. The van der Waals surface area contributed by atoms with Gasteiger partial charge in [0.05, 0.1) is 11.4 Å². The lowest BCUT2D eigenvalue weighted by Gasteiger charge is -2.30. The Morgan fingerprint density at radius 2 is 0.860 bits per heavy atom. The minimum absolute atomic E-state index is 0.290. The first-order valence-corrected chi connectivity index (χ1v) is 19.5. The summed E-state index contributed by atoms with van der Waals surface area (Å²) in [5, 5.41) is 2.23. The van der Waals surface area contributed by atoms with Crippen molar-refractivity contribution >= 4 is 21.9 Å². The molecule has 0 amide bonds.